The first kappa shape index (κ1) is 12.6. The molecule has 0 amide bonds. The summed E-state index contributed by atoms with van der Waals surface area (Å²) in [4.78, 5) is 0. The zero-order valence-corrected chi connectivity index (χ0v) is 11.7. The second kappa shape index (κ2) is 6.18. The molecule has 2 N–H and O–H groups in total. The van der Waals surface area contributed by atoms with Gasteiger partial charge in [0, 0.05) is 0 Å². The number of aliphatic hydroxyl groups is 2. The summed E-state index contributed by atoms with van der Waals surface area (Å²) in [6.07, 6.45) is 0. The molecule has 2 aromatic carbocycles. The molecule has 0 heterocycles. The van der Waals surface area contributed by atoms with Crippen LogP contribution in [0, 0.1) is 0 Å². The first-order chi connectivity index (χ1) is 8.31. The van der Waals surface area contributed by atoms with Crippen LogP contribution in [0.2, 0.25) is 0 Å². The van der Waals surface area contributed by atoms with Crippen LogP contribution in [0.3, 0.4) is 0 Å². The Morgan fingerprint density at radius 2 is 1.00 bits per heavy atom. The summed E-state index contributed by atoms with van der Waals surface area (Å²) in [6.45, 7) is 0.206. The van der Waals surface area contributed by atoms with Gasteiger partial charge in [-0.2, -0.15) is 0 Å². The zero-order valence-electron chi connectivity index (χ0n) is 9.34. The van der Waals surface area contributed by atoms with E-state index >= 15 is 0 Å². The summed E-state index contributed by atoms with van der Waals surface area (Å²) >= 11 is -0.360. The van der Waals surface area contributed by atoms with E-state index in [1.54, 1.807) is 0 Å². The molecule has 0 saturated carbocycles. The van der Waals surface area contributed by atoms with Crippen molar-refractivity contribution in [3.63, 3.8) is 0 Å². The molecule has 3 heteroatoms. The second-order valence-corrected chi connectivity index (χ2v) is 6.98. The Morgan fingerprint density at radius 1 is 0.647 bits per heavy atom. The van der Waals surface area contributed by atoms with E-state index in [0.29, 0.717) is 0 Å². The quantitative estimate of drug-likeness (QED) is 0.787. The van der Waals surface area contributed by atoms with Crippen molar-refractivity contribution in [2.75, 3.05) is 0 Å². The molecule has 0 fully saturated rings. The third-order valence-corrected chi connectivity index (χ3v) is 5.35. The first-order valence-corrected chi connectivity index (χ1v) is 7.72. The average Bonchev–Trinajstić information content (AvgIpc) is 2.40. The molecule has 2 rings (SSSR count). The Bertz CT molecular complexity index is 417. The fourth-order valence-electron chi connectivity index (χ4n) is 1.46. The summed E-state index contributed by atoms with van der Waals surface area (Å²) in [5.74, 6) is 0. The van der Waals surface area contributed by atoms with Gasteiger partial charge in [-0.05, 0) is 0 Å². The van der Waals surface area contributed by atoms with E-state index in [9.17, 15) is 0 Å². The summed E-state index contributed by atoms with van der Waals surface area (Å²) in [5.41, 5.74) is 1.91. The van der Waals surface area contributed by atoms with Gasteiger partial charge in [0.15, 0.2) is 0 Å². The van der Waals surface area contributed by atoms with Crippen LogP contribution in [0.25, 0.3) is 0 Å². The Hall–Kier alpha value is -0.850. The molecule has 2 nitrogen and oxygen atoms in total. The molecule has 0 aliphatic rings. The maximum atomic E-state index is 8.96. The SMILES string of the molecule is OCc1ccc([Te]c2ccc(CO)cc2)cc1. The minimum absolute atomic E-state index is 0.103. The summed E-state index contributed by atoms with van der Waals surface area (Å²) in [6, 6.07) is 16.3. The normalized spacial score (nSPS) is 10.5. The molecule has 0 aromatic heterocycles. The standard InChI is InChI=1S/C14H14O2Te/c15-9-11-1-5-13(6-2-11)17-14-7-3-12(10-16)4-8-14/h1-8,15-16H,9-10H2. The molecule has 0 saturated heterocycles. The molecule has 0 spiro atoms. The van der Waals surface area contributed by atoms with Gasteiger partial charge in [0.25, 0.3) is 0 Å². The Kier molecular flexibility index (Phi) is 4.58. The number of hydrogen-bond donors (Lipinski definition) is 2. The number of benzene rings is 2. The molecule has 0 aliphatic carbocycles. The van der Waals surface area contributed by atoms with E-state index in [0.717, 1.165) is 11.1 Å². The van der Waals surface area contributed by atoms with Gasteiger partial charge in [-0.25, -0.2) is 0 Å². The van der Waals surface area contributed by atoms with E-state index in [-0.39, 0.29) is 34.1 Å². The van der Waals surface area contributed by atoms with Crippen LogP contribution < -0.4 is 7.22 Å². The van der Waals surface area contributed by atoms with Crippen molar-refractivity contribution < 1.29 is 10.2 Å². The van der Waals surface area contributed by atoms with Crippen molar-refractivity contribution in [2.45, 2.75) is 13.2 Å². The van der Waals surface area contributed by atoms with Crippen molar-refractivity contribution in [1.82, 2.24) is 0 Å². The predicted molar refractivity (Wildman–Crippen MR) is 69.8 cm³/mol. The van der Waals surface area contributed by atoms with E-state index in [4.69, 9.17) is 10.2 Å². The van der Waals surface area contributed by atoms with Gasteiger partial charge in [0.1, 0.15) is 0 Å². The van der Waals surface area contributed by atoms with Crippen LogP contribution >= 0.6 is 0 Å². The van der Waals surface area contributed by atoms with E-state index in [2.05, 4.69) is 24.3 Å². The van der Waals surface area contributed by atoms with Crippen molar-refractivity contribution in [2.24, 2.45) is 0 Å². The van der Waals surface area contributed by atoms with Crippen LogP contribution in [0.15, 0.2) is 48.5 Å². The Morgan fingerprint density at radius 3 is 1.29 bits per heavy atom. The summed E-state index contributed by atoms with van der Waals surface area (Å²) in [5, 5.41) is 17.9. The fraction of sp³-hybridized carbons (Fsp3) is 0.143. The molecule has 0 radical (unpaired) electrons. The van der Waals surface area contributed by atoms with Gasteiger partial charge in [0.2, 0.25) is 0 Å². The van der Waals surface area contributed by atoms with Crippen LogP contribution in [-0.2, 0) is 13.2 Å². The van der Waals surface area contributed by atoms with Crippen LogP contribution in [0.4, 0.5) is 0 Å². The Labute approximate surface area is 111 Å². The Balaban J connectivity index is 2.08. The van der Waals surface area contributed by atoms with Crippen molar-refractivity contribution in [1.29, 1.82) is 0 Å². The molecule has 0 bridgehead atoms. The maximum absolute atomic E-state index is 8.96. The third kappa shape index (κ3) is 3.55. The molecule has 2 aromatic rings. The second-order valence-electron chi connectivity index (χ2n) is 3.71. The minimum atomic E-state index is -0.360. The van der Waals surface area contributed by atoms with E-state index in [1.165, 1.54) is 7.22 Å². The van der Waals surface area contributed by atoms with Gasteiger partial charge in [0.05, 0.1) is 0 Å². The summed E-state index contributed by atoms with van der Waals surface area (Å²) in [7, 11) is 0. The summed E-state index contributed by atoms with van der Waals surface area (Å²) < 4.78 is 2.70. The predicted octanol–water partition coefficient (Wildman–Crippen LogP) is 0.326. The molecule has 0 atom stereocenters. The molecular formula is C14H14O2Te. The van der Waals surface area contributed by atoms with Gasteiger partial charge in [-0.15, -0.1) is 0 Å². The molecule has 88 valence electrons. The van der Waals surface area contributed by atoms with Crippen LogP contribution in [0.5, 0.6) is 0 Å². The third-order valence-electron chi connectivity index (χ3n) is 2.45. The number of aliphatic hydroxyl groups excluding tert-OH is 2. The van der Waals surface area contributed by atoms with Gasteiger partial charge in [-0.1, -0.05) is 0 Å². The zero-order chi connectivity index (χ0) is 12.1. The van der Waals surface area contributed by atoms with Crippen molar-refractivity contribution in [3.05, 3.63) is 59.7 Å². The van der Waals surface area contributed by atoms with Gasteiger partial charge in [-0.3, -0.25) is 0 Å². The molecule has 0 unspecified atom stereocenters. The van der Waals surface area contributed by atoms with Crippen LogP contribution in [0.1, 0.15) is 11.1 Å². The first-order valence-electron chi connectivity index (χ1n) is 5.39. The molecule has 17 heavy (non-hydrogen) atoms. The average molecular weight is 342 g/mol. The van der Waals surface area contributed by atoms with E-state index < -0.39 is 0 Å². The fourth-order valence-corrected chi connectivity index (χ4v) is 3.79. The van der Waals surface area contributed by atoms with Gasteiger partial charge < -0.3 is 0 Å². The monoisotopic (exact) mass is 344 g/mol. The van der Waals surface area contributed by atoms with E-state index in [1.807, 2.05) is 24.3 Å². The topological polar surface area (TPSA) is 40.5 Å². The molecule has 0 aliphatic heterocycles. The number of rotatable bonds is 4. The van der Waals surface area contributed by atoms with Crippen LogP contribution in [-0.4, -0.2) is 31.1 Å². The molecular weight excluding hydrogens is 328 g/mol. The van der Waals surface area contributed by atoms with Crippen molar-refractivity contribution >= 4 is 28.1 Å². The van der Waals surface area contributed by atoms with Gasteiger partial charge >= 0.3 is 111 Å². The number of hydrogen-bond acceptors (Lipinski definition) is 2. The van der Waals surface area contributed by atoms with Crippen molar-refractivity contribution in [3.8, 4) is 0 Å².